The van der Waals surface area contributed by atoms with E-state index in [4.69, 9.17) is 16.3 Å². The van der Waals surface area contributed by atoms with Crippen LogP contribution >= 0.6 is 11.6 Å². The first-order valence-corrected chi connectivity index (χ1v) is 8.87. The number of benzene rings is 1. The molecule has 3 aliphatic rings. The van der Waals surface area contributed by atoms with E-state index in [1.54, 1.807) is 6.07 Å². The molecule has 1 amide bonds. The van der Waals surface area contributed by atoms with Crippen molar-refractivity contribution in [3.05, 3.63) is 35.2 Å². The van der Waals surface area contributed by atoms with Crippen LogP contribution in [0.4, 0.5) is 9.18 Å². The van der Waals surface area contributed by atoms with E-state index in [1.165, 1.54) is 12.1 Å². The number of aromatic nitrogens is 3. The van der Waals surface area contributed by atoms with Crippen molar-refractivity contribution in [2.75, 3.05) is 0 Å². The highest BCUT2D eigenvalue weighted by Gasteiger charge is 2.70. The topological polar surface area (TPSA) is 69.0 Å². The summed E-state index contributed by atoms with van der Waals surface area (Å²) < 4.78 is 20.8. The predicted molar refractivity (Wildman–Crippen MR) is 94.4 cm³/mol. The number of halogens is 2. The fourth-order valence-corrected chi connectivity index (χ4v) is 4.03. The van der Waals surface area contributed by atoms with Gasteiger partial charge in [-0.15, -0.1) is 5.10 Å². The number of hydrogen-bond acceptors (Lipinski definition) is 4. The molecule has 138 valence electrons. The summed E-state index contributed by atoms with van der Waals surface area (Å²) in [6, 6.07) is 4.57. The largest absolute Gasteiger partial charge is 0.444 e. The van der Waals surface area contributed by atoms with Gasteiger partial charge in [-0.05, 0) is 52.2 Å². The second-order valence-electron chi connectivity index (χ2n) is 8.34. The van der Waals surface area contributed by atoms with Crippen molar-refractivity contribution in [2.24, 2.45) is 0 Å². The van der Waals surface area contributed by atoms with Gasteiger partial charge in [0.15, 0.2) is 0 Å². The molecule has 0 saturated heterocycles. The van der Waals surface area contributed by atoms with E-state index in [0.29, 0.717) is 11.3 Å². The van der Waals surface area contributed by atoms with Gasteiger partial charge in [0.05, 0.1) is 22.3 Å². The van der Waals surface area contributed by atoms with Gasteiger partial charge >= 0.3 is 6.09 Å². The zero-order valence-corrected chi connectivity index (χ0v) is 15.6. The minimum atomic E-state index is -0.514. The van der Waals surface area contributed by atoms with Gasteiger partial charge in [-0.3, -0.25) is 0 Å². The molecule has 0 radical (unpaired) electrons. The van der Waals surface area contributed by atoms with E-state index in [1.807, 2.05) is 31.6 Å². The smallest absolute Gasteiger partial charge is 0.408 e. The van der Waals surface area contributed by atoms with E-state index in [-0.39, 0.29) is 22.2 Å². The lowest BCUT2D eigenvalue weighted by molar-refractivity contribution is -0.143. The Morgan fingerprint density at radius 3 is 2.65 bits per heavy atom. The van der Waals surface area contributed by atoms with Crippen molar-refractivity contribution in [1.82, 2.24) is 20.3 Å². The van der Waals surface area contributed by atoms with E-state index in [0.717, 1.165) is 19.3 Å². The highest BCUT2D eigenvalue weighted by atomic mass is 35.5. The molecule has 2 bridgehead atoms. The zero-order chi connectivity index (χ0) is 18.7. The molecule has 26 heavy (non-hydrogen) atoms. The maximum Gasteiger partial charge on any atom is 0.408 e. The van der Waals surface area contributed by atoms with Gasteiger partial charge in [0.25, 0.3) is 0 Å². The summed E-state index contributed by atoms with van der Waals surface area (Å²) in [5.74, 6) is -0.482. The monoisotopic (exact) mass is 378 g/mol. The second kappa shape index (κ2) is 5.42. The van der Waals surface area contributed by atoms with Crippen LogP contribution in [0.5, 0.6) is 0 Å². The summed E-state index contributed by atoms with van der Waals surface area (Å²) in [7, 11) is 0. The molecule has 3 fully saturated rings. The lowest BCUT2D eigenvalue weighted by Crippen LogP contribution is -2.79. The molecule has 8 heteroatoms. The summed E-state index contributed by atoms with van der Waals surface area (Å²) in [6.07, 6.45) is 3.80. The molecular formula is C18H20ClFN4O2. The lowest BCUT2D eigenvalue weighted by atomic mass is 9.44. The van der Waals surface area contributed by atoms with Gasteiger partial charge in [-0.25, -0.2) is 13.9 Å². The van der Waals surface area contributed by atoms with Gasteiger partial charge in [0.1, 0.15) is 17.1 Å². The molecule has 5 rings (SSSR count). The highest BCUT2D eigenvalue weighted by molar-refractivity contribution is 6.30. The van der Waals surface area contributed by atoms with Crippen molar-refractivity contribution in [1.29, 1.82) is 0 Å². The number of carbonyl (C=O) groups excluding carboxylic acids is 1. The Morgan fingerprint density at radius 1 is 1.35 bits per heavy atom. The van der Waals surface area contributed by atoms with Crippen molar-refractivity contribution < 1.29 is 13.9 Å². The van der Waals surface area contributed by atoms with Crippen molar-refractivity contribution >= 4 is 17.7 Å². The molecule has 1 heterocycles. The third-order valence-electron chi connectivity index (χ3n) is 4.96. The first-order chi connectivity index (χ1) is 12.1. The Hall–Kier alpha value is -2.15. The molecule has 1 aromatic heterocycles. The number of nitrogens with one attached hydrogen (secondary N) is 1. The minimum absolute atomic E-state index is 0.0794. The normalized spacial score (nSPS) is 26.7. The maximum absolute atomic E-state index is 13.6. The summed E-state index contributed by atoms with van der Waals surface area (Å²) in [5.41, 5.74) is 0.386. The van der Waals surface area contributed by atoms with Crippen molar-refractivity contribution in [3.63, 3.8) is 0 Å². The fourth-order valence-electron chi connectivity index (χ4n) is 3.91. The maximum atomic E-state index is 13.6. The van der Waals surface area contributed by atoms with Crippen LogP contribution in [0.25, 0.3) is 11.3 Å². The minimum Gasteiger partial charge on any atom is -0.444 e. The van der Waals surface area contributed by atoms with E-state index >= 15 is 0 Å². The summed E-state index contributed by atoms with van der Waals surface area (Å²) in [4.78, 5) is 12.0. The van der Waals surface area contributed by atoms with Crippen LogP contribution in [0.1, 0.15) is 40.0 Å². The summed E-state index contributed by atoms with van der Waals surface area (Å²) in [5, 5.41) is 11.4. The van der Waals surface area contributed by atoms with Crippen LogP contribution in [0.15, 0.2) is 24.4 Å². The van der Waals surface area contributed by atoms with Crippen LogP contribution in [0.2, 0.25) is 5.02 Å². The molecular weight excluding hydrogens is 359 g/mol. The first kappa shape index (κ1) is 17.3. The number of hydrogen-bond donors (Lipinski definition) is 1. The third-order valence-corrected chi connectivity index (χ3v) is 5.27. The van der Waals surface area contributed by atoms with E-state index in [9.17, 15) is 9.18 Å². The van der Waals surface area contributed by atoms with Crippen LogP contribution < -0.4 is 5.32 Å². The van der Waals surface area contributed by atoms with Gasteiger partial charge < -0.3 is 10.1 Å². The van der Waals surface area contributed by atoms with Crippen LogP contribution in [-0.4, -0.2) is 32.2 Å². The molecule has 0 spiro atoms. The average molecular weight is 379 g/mol. The Labute approximate surface area is 155 Å². The van der Waals surface area contributed by atoms with Crippen molar-refractivity contribution in [2.45, 2.75) is 56.7 Å². The lowest BCUT2D eigenvalue weighted by Gasteiger charge is -2.69. The molecule has 3 saturated carbocycles. The molecule has 1 N–H and O–H groups in total. The second-order valence-corrected chi connectivity index (χ2v) is 8.75. The highest BCUT2D eigenvalue weighted by Crippen LogP contribution is 2.65. The summed E-state index contributed by atoms with van der Waals surface area (Å²) >= 11 is 5.72. The Morgan fingerprint density at radius 2 is 2.04 bits per heavy atom. The molecule has 1 aromatic carbocycles. The molecule has 0 aliphatic heterocycles. The van der Waals surface area contributed by atoms with Crippen molar-refractivity contribution in [3.8, 4) is 11.3 Å². The predicted octanol–water partition coefficient (Wildman–Crippen LogP) is 3.89. The first-order valence-electron chi connectivity index (χ1n) is 8.49. The van der Waals surface area contributed by atoms with Gasteiger partial charge in [0.2, 0.25) is 0 Å². The number of alkyl carbamates (subject to hydrolysis) is 1. The number of amides is 1. The number of nitrogens with zero attached hydrogens (tertiary/aromatic N) is 3. The summed E-state index contributed by atoms with van der Waals surface area (Å²) in [6.45, 7) is 5.52. The fraction of sp³-hybridized carbons (Fsp3) is 0.500. The molecule has 6 nitrogen and oxygen atoms in total. The number of carbonyl (C=O) groups is 1. The quantitative estimate of drug-likeness (QED) is 0.879. The molecule has 2 aromatic rings. The molecule has 0 atom stereocenters. The van der Waals surface area contributed by atoms with Crippen LogP contribution in [0, 0.1) is 5.82 Å². The molecule has 0 unspecified atom stereocenters. The van der Waals surface area contributed by atoms with Gasteiger partial charge in [-0.1, -0.05) is 22.9 Å². The SMILES string of the molecule is CC(C)(C)OC(=O)NC12CC(n3cc(-c4ccc(Cl)c(F)c4)nn3)(C1)C2. The Balaban J connectivity index is 1.42. The van der Waals surface area contributed by atoms with Gasteiger partial charge in [0, 0.05) is 5.56 Å². The Kier molecular flexibility index (Phi) is 3.60. The number of rotatable bonds is 3. The third kappa shape index (κ3) is 2.84. The average Bonchev–Trinajstić information content (AvgIpc) is 2.92. The van der Waals surface area contributed by atoms with E-state index < -0.39 is 11.4 Å². The zero-order valence-electron chi connectivity index (χ0n) is 14.8. The molecule has 3 aliphatic carbocycles. The Bertz CT molecular complexity index is 870. The van der Waals surface area contributed by atoms with Crippen LogP contribution in [-0.2, 0) is 10.3 Å². The standard InChI is InChI=1S/C18H20ClFN4O2/c1-16(2,3)26-15(25)21-17-8-18(9-17,10-17)24-7-14(22-23-24)11-4-5-12(19)13(20)6-11/h4-7H,8-10H2,1-3H3,(H,21,25). The number of ether oxygens (including phenoxy) is 1. The van der Waals surface area contributed by atoms with Gasteiger partial charge in [-0.2, -0.15) is 0 Å². The van der Waals surface area contributed by atoms with E-state index in [2.05, 4.69) is 15.6 Å². The van der Waals surface area contributed by atoms with Crippen LogP contribution in [0.3, 0.4) is 0 Å².